The second kappa shape index (κ2) is 6.12. The molecule has 0 unspecified atom stereocenters. The quantitative estimate of drug-likeness (QED) is 0.813. The van der Waals surface area contributed by atoms with Crippen LogP contribution >= 0.6 is 15.9 Å². The Bertz CT molecular complexity index is 783. The van der Waals surface area contributed by atoms with Gasteiger partial charge in [0, 0.05) is 35.2 Å². The monoisotopic (exact) mass is 387 g/mol. The first kappa shape index (κ1) is 16.0. The van der Waals surface area contributed by atoms with Crippen molar-refractivity contribution in [2.75, 3.05) is 26.2 Å². The molecule has 126 valence electrons. The first-order valence-corrected chi connectivity index (χ1v) is 9.43. The number of carbonyl (C=O) groups excluding carboxylic acids is 1. The topological polar surface area (TPSA) is 45.2 Å². The number of halogens is 1. The molecule has 2 aliphatic rings. The molecule has 1 amide bonds. The number of aryl methyl sites for hydroxylation is 1. The smallest absolute Gasteiger partial charge is 0.254 e. The Kier molecular flexibility index (Phi) is 4.09. The van der Waals surface area contributed by atoms with E-state index in [1.807, 2.05) is 36.1 Å². The summed E-state index contributed by atoms with van der Waals surface area (Å²) in [5, 5.41) is 4.42. The highest BCUT2D eigenvalue weighted by Gasteiger charge is 2.38. The SMILES string of the molecule is Cc1cc(C(=O)N2CCC3(CCNC3)CC2)c2ccc(Br)cc2n1. The fourth-order valence-electron chi connectivity index (χ4n) is 4.09. The zero-order valence-electron chi connectivity index (χ0n) is 13.9. The van der Waals surface area contributed by atoms with Crippen LogP contribution in [0.25, 0.3) is 10.9 Å². The molecular weight excluding hydrogens is 366 g/mol. The number of carbonyl (C=O) groups is 1. The zero-order chi connectivity index (χ0) is 16.7. The standard InChI is InChI=1S/C19H22BrN3O/c1-13-10-16(15-3-2-14(20)11-17(15)22-13)18(24)23-8-5-19(6-9-23)4-7-21-12-19/h2-3,10-11,21H,4-9,12H2,1H3. The van der Waals surface area contributed by atoms with Crippen LogP contribution in [0.15, 0.2) is 28.7 Å². The van der Waals surface area contributed by atoms with Gasteiger partial charge < -0.3 is 10.2 Å². The van der Waals surface area contributed by atoms with Crippen molar-refractivity contribution in [1.82, 2.24) is 15.2 Å². The highest BCUT2D eigenvalue weighted by atomic mass is 79.9. The average Bonchev–Trinajstić information content (AvgIpc) is 3.02. The van der Waals surface area contributed by atoms with Crippen LogP contribution in [0.2, 0.25) is 0 Å². The maximum atomic E-state index is 13.1. The average molecular weight is 388 g/mol. The summed E-state index contributed by atoms with van der Waals surface area (Å²) in [6, 6.07) is 7.88. The second-order valence-corrected chi connectivity index (χ2v) is 8.11. The summed E-state index contributed by atoms with van der Waals surface area (Å²) in [6.45, 7) is 5.91. The molecule has 1 spiro atoms. The number of amides is 1. The zero-order valence-corrected chi connectivity index (χ0v) is 15.5. The van der Waals surface area contributed by atoms with Gasteiger partial charge in [-0.3, -0.25) is 9.78 Å². The molecular formula is C19H22BrN3O. The first-order valence-electron chi connectivity index (χ1n) is 8.63. The fraction of sp³-hybridized carbons (Fsp3) is 0.474. The van der Waals surface area contributed by atoms with Crippen molar-refractivity contribution in [3.05, 3.63) is 40.0 Å². The van der Waals surface area contributed by atoms with Gasteiger partial charge in [0.05, 0.1) is 11.1 Å². The maximum Gasteiger partial charge on any atom is 0.254 e. The predicted molar refractivity (Wildman–Crippen MR) is 99.2 cm³/mol. The van der Waals surface area contributed by atoms with E-state index >= 15 is 0 Å². The molecule has 3 heterocycles. The van der Waals surface area contributed by atoms with Gasteiger partial charge in [-0.2, -0.15) is 0 Å². The minimum absolute atomic E-state index is 0.147. The van der Waals surface area contributed by atoms with Gasteiger partial charge in [0.2, 0.25) is 0 Å². The van der Waals surface area contributed by atoms with Crippen molar-refractivity contribution in [2.45, 2.75) is 26.2 Å². The molecule has 1 N–H and O–H groups in total. The van der Waals surface area contributed by atoms with E-state index in [0.717, 1.165) is 65.7 Å². The molecule has 0 saturated carbocycles. The van der Waals surface area contributed by atoms with Gasteiger partial charge in [-0.1, -0.05) is 22.0 Å². The summed E-state index contributed by atoms with van der Waals surface area (Å²) >= 11 is 3.49. The number of likely N-dealkylation sites (tertiary alicyclic amines) is 1. The third kappa shape index (κ3) is 2.84. The number of aromatic nitrogens is 1. The fourth-order valence-corrected chi connectivity index (χ4v) is 4.44. The number of nitrogens with zero attached hydrogens (tertiary/aromatic N) is 2. The van der Waals surface area contributed by atoms with Crippen LogP contribution in [-0.2, 0) is 0 Å². The number of piperidine rings is 1. The predicted octanol–water partition coefficient (Wildman–Crippen LogP) is 3.52. The third-order valence-corrected chi connectivity index (χ3v) is 6.07. The van der Waals surface area contributed by atoms with Gasteiger partial charge in [0.25, 0.3) is 5.91 Å². The Morgan fingerprint density at radius 1 is 1.25 bits per heavy atom. The van der Waals surface area contributed by atoms with Gasteiger partial charge in [0.1, 0.15) is 0 Å². The van der Waals surface area contributed by atoms with Crippen molar-refractivity contribution in [3.8, 4) is 0 Å². The maximum absolute atomic E-state index is 13.1. The molecule has 0 bridgehead atoms. The second-order valence-electron chi connectivity index (χ2n) is 7.19. The van der Waals surface area contributed by atoms with E-state index in [1.165, 1.54) is 6.42 Å². The van der Waals surface area contributed by atoms with Gasteiger partial charge in [-0.05, 0) is 56.3 Å². The van der Waals surface area contributed by atoms with Crippen molar-refractivity contribution in [2.24, 2.45) is 5.41 Å². The number of rotatable bonds is 1. The van der Waals surface area contributed by atoms with Crippen LogP contribution in [0.3, 0.4) is 0 Å². The Morgan fingerprint density at radius 2 is 2.04 bits per heavy atom. The molecule has 4 nitrogen and oxygen atoms in total. The van der Waals surface area contributed by atoms with Crippen LogP contribution in [0.5, 0.6) is 0 Å². The molecule has 0 radical (unpaired) electrons. The largest absolute Gasteiger partial charge is 0.339 e. The van der Waals surface area contributed by atoms with Crippen molar-refractivity contribution >= 4 is 32.7 Å². The summed E-state index contributed by atoms with van der Waals surface area (Å²) in [7, 11) is 0. The number of benzene rings is 1. The van der Waals surface area contributed by atoms with E-state index in [1.54, 1.807) is 0 Å². The normalized spacial score (nSPS) is 20.0. The molecule has 24 heavy (non-hydrogen) atoms. The van der Waals surface area contributed by atoms with Crippen LogP contribution in [0.4, 0.5) is 0 Å². The van der Waals surface area contributed by atoms with Gasteiger partial charge in [-0.25, -0.2) is 0 Å². The van der Waals surface area contributed by atoms with Gasteiger partial charge >= 0.3 is 0 Å². The molecule has 5 heteroatoms. The number of fused-ring (bicyclic) bond motifs is 1. The summed E-state index contributed by atoms with van der Waals surface area (Å²) in [4.78, 5) is 19.7. The lowest BCUT2D eigenvalue weighted by Gasteiger charge is -2.39. The van der Waals surface area contributed by atoms with Crippen LogP contribution in [0, 0.1) is 12.3 Å². The van der Waals surface area contributed by atoms with Gasteiger partial charge in [-0.15, -0.1) is 0 Å². The minimum Gasteiger partial charge on any atom is -0.339 e. The lowest BCUT2D eigenvalue weighted by molar-refractivity contribution is 0.0609. The van der Waals surface area contributed by atoms with Crippen molar-refractivity contribution in [1.29, 1.82) is 0 Å². The Morgan fingerprint density at radius 3 is 2.75 bits per heavy atom. The number of hydrogen-bond donors (Lipinski definition) is 1. The van der Waals surface area contributed by atoms with E-state index in [0.29, 0.717) is 5.41 Å². The molecule has 1 aromatic carbocycles. The Labute approximate surface area is 150 Å². The first-order chi connectivity index (χ1) is 11.6. The number of nitrogens with one attached hydrogen (secondary N) is 1. The Hall–Kier alpha value is -1.46. The summed E-state index contributed by atoms with van der Waals surface area (Å²) < 4.78 is 0.986. The van der Waals surface area contributed by atoms with Crippen LogP contribution in [-0.4, -0.2) is 42.0 Å². The van der Waals surface area contributed by atoms with E-state index in [9.17, 15) is 4.79 Å². The number of hydrogen-bond acceptors (Lipinski definition) is 3. The molecule has 0 atom stereocenters. The molecule has 2 aliphatic heterocycles. The molecule has 1 aromatic heterocycles. The lowest BCUT2D eigenvalue weighted by Crippen LogP contribution is -2.44. The third-order valence-electron chi connectivity index (χ3n) is 5.57. The molecule has 2 aromatic rings. The van der Waals surface area contributed by atoms with Crippen LogP contribution in [0.1, 0.15) is 35.3 Å². The minimum atomic E-state index is 0.147. The van der Waals surface area contributed by atoms with E-state index in [-0.39, 0.29) is 5.91 Å². The lowest BCUT2D eigenvalue weighted by atomic mass is 9.77. The summed E-state index contributed by atoms with van der Waals surface area (Å²) in [5.74, 6) is 0.147. The molecule has 4 rings (SSSR count). The van der Waals surface area contributed by atoms with Crippen molar-refractivity contribution < 1.29 is 4.79 Å². The summed E-state index contributed by atoms with van der Waals surface area (Å²) in [5.41, 5.74) is 2.97. The van der Waals surface area contributed by atoms with Crippen molar-refractivity contribution in [3.63, 3.8) is 0 Å². The molecule has 2 saturated heterocycles. The molecule has 2 fully saturated rings. The van der Waals surface area contributed by atoms with Gasteiger partial charge in [0.15, 0.2) is 0 Å². The highest BCUT2D eigenvalue weighted by molar-refractivity contribution is 9.10. The molecule has 0 aliphatic carbocycles. The van der Waals surface area contributed by atoms with Crippen LogP contribution < -0.4 is 5.32 Å². The highest BCUT2D eigenvalue weighted by Crippen LogP contribution is 2.37. The number of pyridine rings is 1. The van der Waals surface area contributed by atoms with E-state index in [2.05, 4.69) is 26.2 Å². The summed E-state index contributed by atoms with van der Waals surface area (Å²) in [6.07, 6.45) is 3.47. The van der Waals surface area contributed by atoms with E-state index < -0.39 is 0 Å². The van der Waals surface area contributed by atoms with E-state index in [4.69, 9.17) is 0 Å². The Balaban J connectivity index is 1.62.